The largest absolute Gasteiger partial charge is 0.490 e. The van der Waals surface area contributed by atoms with E-state index >= 15 is 0 Å². The van der Waals surface area contributed by atoms with Gasteiger partial charge in [0.15, 0.2) is 0 Å². The van der Waals surface area contributed by atoms with Gasteiger partial charge in [-0.15, -0.1) is 0 Å². The summed E-state index contributed by atoms with van der Waals surface area (Å²) < 4.78 is 5.92. The van der Waals surface area contributed by atoms with E-state index in [2.05, 4.69) is 9.97 Å². The van der Waals surface area contributed by atoms with Crippen molar-refractivity contribution in [2.75, 3.05) is 11.5 Å². The van der Waals surface area contributed by atoms with Gasteiger partial charge in [-0.05, 0) is 49.9 Å². The number of ether oxygens (including phenoxy) is 1. The van der Waals surface area contributed by atoms with Gasteiger partial charge in [-0.3, -0.25) is 0 Å². The standard InChI is InChI=1S/C16H17N5O/c17-9-13-14(20-16(19)21-15(13)18)10-5-7-12(8-6-10)22-11-3-1-2-4-11/h5-8,11H,1-4H2,(H4,18,19,20,21). The SMILES string of the molecule is N#Cc1c(N)nc(N)nc1-c1ccc(OC2CCCC2)cc1. The molecule has 112 valence electrons. The summed E-state index contributed by atoms with van der Waals surface area (Å²) in [6.45, 7) is 0. The van der Waals surface area contributed by atoms with Crippen LogP contribution < -0.4 is 16.2 Å². The lowest BCUT2D eigenvalue weighted by molar-refractivity contribution is 0.210. The van der Waals surface area contributed by atoms with Gasteiger partial charge in [-0.25, -0.2) is 4.98 Å². The number of nitrogens with zero attached hydrogens (tertiary/aromatic N) is 3. The van der Waals surface area contributed by atoms with Gasteiger partial charge in [0.2, 0.25) is 5.95 Å². The van der Waals surface area contributed by atoms with Gasteiger partial charge in [-0.1, -0.05) is 0 Å². The van der Waals surface area contributed by atoms with Crippen LogP contribution in [0.15, 0.2) is 24.3 Å². The Bertz CT molecular complexity index is 715. The summed E-state index contributed by atoms with van der Waals surface area (Å²) in [7, 11) is 0. The first-order valence-electron chi connectivity index (χ1n) is 7.27. The lowest BCUT2D eigenvalue weighted by Crippen LogP contribution is -2.10. The second kappa shape index (κ2) is 5.90. The number of rotatable bonds is 3. The van der Waals surface area contributed by atoms with Crippen molar-refractivity contribution in [2.45, 2.75) is 31.8 Å². The lowest BCUT2D eigenvalue weighted by atomic mass is 10.1. The van der Waals surface area contributed by atoms with Crippen LogP contribution in [-0.4, -0.2) is 16.1 Å². The van der Waals surface area contributed by atoms with Crippen molar-refractivity contribution in [3.63, 3.8) is 0 Å². The molecule has 0 aliphatic heterocycles. The molecule has 0 spiro atoms. The Morgan fingerprint density at radius 3 is 2.41 bits per heavy atom. The van der Waals surface area contributed by atoms with Crippen molar-refractivity contribution >= 4 is 11.8 Å². The van der Waals surface area contributed by atoms with Crippen molar-refractivity contribution in [2.24, 2.45) is 0 Å². The van der Waals surface area contributed by atoms with E-state index in [1.54, 1.807) is 0 Å². The van der Waals surface area contributed by atoms with E-state index in [0.29, 0.717) is 11.8 Å². The van der Waals surface area contributed by atoms with Crippen molar-refractivity contribution in [1.29, 1.82) is 5.26 Å². The first-order valence-corrected chi connectivity index (χ1v) is 7.27. The van der Waals surface area contributed by atoms with E-state index in [9.17, 15) is 5.26 Å². The third-order valence-electron chi connectivity index (χ3n) is 3.80. The molecule has 4 N–H and O–H groups in total. The molecule has 0 atom stereocenters. The van der Waals surface area contributed by atoms with Crippen molar-refractivity contribution in [3.05, 3.63) is 29.8 Å². The minimum atomic E-state index is 0.0535. The van der Waals surface area contributed by atoms with E-state index in [0.717, 1.165) is 24.2 Å². The molecule has 0 amide bonds. The Hall–Kier alpha value is -2.81. The average Bonchev–Trinajstić information content (AvgIpc) is 3.00. The Morgan fingerprint density at radius 1 is 1.09 bits per heavy atom. The van der Waals surface area contributed by atoms with E-state index in [-0.39, 0.29) is 17.3 Å². The smallest absolute Gasteiger partial charge is 0.222 e. The highest BCUT2D eigenvalue weighted by Gasteiger charge is 2.17. The maximum atomic E-state index is 9.22. The van der Waals surface area contributed by atoms with Crippen LogP contribution in [0.25, 0.3) is 11.3 Å². The third kappa shape index (κ3) is 2.79. The molecule has 6 nitrogen and oxygen atoms in total. The highest BCUT2D eigenvalue weighted by Crippen LogP contribution is 2.29. The minimum Gasteiger partial charge on any atom is -0.490 e. The van der Waals surface area contributed by atoms with Crippen molar-refractivity contribution < 1.29 is 4.74 Å². The molecule has 22 heavy (non-hydrogen) atoms. The first-order chi connectivity index (χ1) is 10.7. The Balaban J connectivity index is 1.88. The number of nitrogens with two attached hydrogens (primary N) is 2. The van der Waals surface area contributed by atoms with Crippen molar-refractivity contribution in [3.8, 4) is 23.1 Å². The highest BCUT2D eigenvalue weighted by atomic mass is 16.5. The van der Waals surface area contributed by atoms with Gasteiger partial charge >= 0.3 is 0 Å². The molecule has 1 fully saturated rings. The summed E-state index contributed by atoms with van der Waals surface area (Å²) in [5, 5.41) is 9.22. The van der Waals surface area contributed by atoms with Crippen LogP contribution in [-0.2, 0) is 0 Å². The van der Waals surface area contributed by atoms with Gasteiger partial charge in [0.1, 0.15) is 23.2 Å². The van der Waals surface area contributed by atoms with Gasteiger partial charge < -0.3 is 16.2 Å². The van der Waals surface area contributed by atoms with Gasteiger partial charge in [0.05, 0.1) is 11.8 Å². The zero-order valence-electron chi connectivity index (χ0n) is 12.1. The minimum absolute atomic E-state index is 0.0535. The first kappa shape index (κ1) is 14.1. The molecular formula is C16H17N5O. The molecule has 0 unspecified atom stereocenters. The number of nitrogen functional groups attached to an aromatic ring is 2. The van der Waals surface area contributed by atoms with Crippen LogP contribution >= 0.6 is 0 Å². The van der Waals surface area contributed by atoms with Crippen molar-refractivity contribution in [1.82, 2.24) is 9.97 Å². The highest BCUT2D eigenvalue weighted by molar-refractivity contribution is 5.73. The Kier molecular flexibility index (Phi) is 3.79. The van der Waals surface area contributed by atoms with Crippen LogP contribution in [0.3, 0.4) is 0 Å². The summed E-state index contributed by atoms with van der Waals surface area (Å²) in [6, 6.07) is 9.49. The van der Waals surface area contributed by atoms with Gasteiger partial charge in [0, 0.05) is 5.56 Å². The zero-order valence-corrected chi connectivity index (χ0v) is 12.1. The molecule has 3 rings (SSSR count). The lowest BCUT2D eigenvalue weighted by Gasteiger charge is -2.13. The number of hydrogen-bond acceptors (Lipinski definition) is 6. The third-order valence-corrected chi connectivity index (χ3v) is 3.80. The molecule has 0 bridgehead atoms. The summed E-state index contributed by atoms with van der Waals surface area (Å²) in [5.41, 5.74) is 12.8. The maximum absolute atomic E-state index is 9.22. The van der Waals surface area contributed by atoms with E-state index < -0.39 is 0 Å². The topological polar surface area (TPSA) is 111 Å². The number of aromatic nitrogens is 2. The molecule has 1 aromatic heterocycles. The summed E-state index contributed by atoms with van der Waals surface area (Å²) in [6.07, 6.45) is 4.99. The Labute approximate surface area is 128 Å². The number of benzene rings is 1. The molecule has 1 heterocycles. The van der Waals surface area contributed by atoms with Crippen LogP contribution in [0.1, 0.15) is 31.2 Å². The Morgan fingerprint density at radius 2 is 1.77 bits per heavy atom. The molecule has 1 saturated carbocycles. The fourth-order valence-corrected chi connectivity index (χ4v) is 2.71. The second-order valence-electron chi connectivity index (χ2n) is 5.35. The molecule has 1 aliphatic rings. The van der Waals surface area contributed by atoms with Crippen LogP contribution in [0, 0.1) is 11.3 Å². The molecule has 6 heteroatoms. The van der Waals surface area contributed by atoms with E-state index in [1.165, 1.54) is 12.8 Å². The summed E-state index contributed by atoms with van der Waals surface area (Å²) in [4.78, 5) is 7.95. The number of nitriles is 1. The van der Waals surface area contributed by atoms with Crippen LogP contribution in [0.4, 0.5) is 11.8 Å². The average molecular weight is 295 g/mol. The van der Waals surface area contributed by atoms with Gasteiger partial charge in [0.25, 0.3) is 0 Å². The summed E-state index contributed by atoms with van der Waals surface area (Å²) >= 11 is 0. The predicted molar refractivity (Wildman–Crippen MR) is 83.9 cm³/mol. The molecule has 1 aliphatic carbocycles. The fraction of sp³-hybridized carbons (Fsp3) is 0.312. The van der Waals surface area contributed by atoms with Gasteiger partial charge in [-0.2, -0.15) is 10.2 Å². The monoisotopic (exact) mass is 295 g/mol. The molecule has 0 saturated heterocycles. The molecule has 1 aromatic carbocycles. The predicted octanol–water partition coefficient (Wildman–Crippen LogP) is 2.50. The number of anilines is 2. The zero-order chi connectivity index (χ0) is 15.5. The number of hydrogen-bond donors (Lipinski definition) is 2. The normalized spacial score (nSPS) is 14.7. The summed E-state index contributed by atoms with van der Waals surface area (Å²) in [5.74, 6) is 0.971. The van der Waals surface area contributed by atoms with E-state index in [4.69, 9.17) is 16.2 Å². The second-order valence-corrected chi connectivity index (χ2v) is 5.35. The molecule has 2 aromatic rings. The fourth-order valence-electron chi connectivity index (χ4n) is 2.71. The van der Waals surface area contributed by atoms with Crippen LogP contribution in [0.5, 0.6) is 5.75 Å². The van der Waals surface area contributed by atoms with E-state index in [1.807, 2.05) is 30.3 Å². The quantitative estimate of drug-likeness (QED) is 0.900. The molecular weight excluding hydrogens is 278 g/mol. The van der Waals surface area contributed by atoms with Crippen LogP contribution in [0.2, 0.25) is 0 Å². The molecule has 0 radical (unpaired) electrons. The maximum Gasteiger partial charge on any atom is 0.222 e.